The van der Waals surface area contributed by atoms with Gasteiger partial charge in [-0.05, 0) is 50.1 Å². The number of rotatable bonds is 5. The van der Waals surface area contributed by atoms with Crippen LogP contribution in [0.5, 0.6) is 0 Å². The molecule has 0 spiro atoms. The number of likely N-dealkylation sites (tertiary alicyclic amines) is 1. The minimum absolute atomic E-state index is 0.129. The molecule has 7 nitrogen and oxygen atoms in total. The predicted molar refractivity (Wildman–Crippen MR) is 114 cm³/mol. The van der Waals surface area contributed by atoms with Crippen molar-refractivity contribution in [1.29, 1.82) is 0 Å². The number of piperidine rings is 1. The van der Waals surface area contributed by atoms with Crippen molar-refractivity contribution in [3.63, 3.8) is 0 Å². The summed E-state index contributed by atoms with van der Waals surface area (Å²) in [5.41, 5.74) is 2.06. The van der Waals surface area contributed by atoms with Crippen LogP contribution in [-0.4, -0.2) is 48.1 Å². The molecule has 1 N–H and O–H groups in total. The molecule has 162 valence electrons. The quantitative estimate of drug-likeness (QED) is 0.659. The van der Waals surface area contributed by atoms with Crippen LogP contribution in [0.4, 0.5) is 4.39 Å². The van der Waals surface area contributed by atoms with Gasteiger partial charge in [-0.15, -0.1) is 0 Å². The number of halogens is 1. The van der Waals surface area contributed by atoms with Crippen molar-refractivity contribution < 1.29 is 17.6 Å². The summed E-state index contributed by atoms with van der Waals surface area (Å²) in [4.78, 5) is 14.6. The van der Waals surface area contributed by atoms with Gasteiger partial charge in [-0.3, -0.25) is 4.79 Å². The van der Waals surface area contributed by atoms with E-state index in [1.54, 1.807) is 15.8 Å². The molecule has 2 aromatic carbocycles. The predicted octanol–water partition coefficient (Wildman–Crippen LogP) is 2.90. The fraction of sp³-hybridized carbons (Fsp3) is 0.273. The molecule has 1 saturated heterocycles. The lowest BCUT2D eigenvalue weighted by molar-refractivity contribution is 0.0702. The summed E-state index contributed by atoms with van der Waals surface area (Å²) in [7, 11) is -3.88. The van der Waals surface area contributed by atoms with E-state index in [1.807, 2.05) is 37.3 Å². The van der Waals surface area contributed by atoms with Crippen LogP contribution in [-0.2, 0) is 10.0 Å². The molecule has 0 bridgehead atoms. The van der Waals surface area contributed by atoms with E-state index in [2.05, 4.69) is 9.82 Å². The van der Waals surface area contributed by atoms with Crippen molar-refractivity contribution in [3.05, 3.63) is 77.9 Å². The average molecular weight is 443 g/mol. The lowest BCUT2D eigenvalue weighted by atomic mass is 10.1. The van der Waals surface area contributed by atoms with Gasteiger partial charge < -0.3 is 4.90 Å². The molecule has 31 heavy (non-hydrogen) atoms. The largest absolute Gasteiger partial charge is 0.337 e. The molecular weight excluding hydrogens is 419 g/mol. The molecule has 0 saturated carbocycles. The normalized spacial score (nSPS) is 17.0. The van der Waals surface area contributed by atoms with Gasteiger partial charge in [0.05, 0.1) is 28.0 Å². The van der Waals surface area contributed by atoms with E-state index in [0.29, 0.717) is 24.9 Å². The van der Waals surface area contributed by atoms with Gasteiger partial charge in [-0.1, -0.05) is 24.3 Å². The van der Waals surface area contributed by atoms with Gasteiger partial charge in [0.15, 0.2) is 0 Å². The number of carbonyl (C=O) groups is 1. The Kier molecular flexibility index (Phi) is 5.88. The van der Waals surface area contributed by atoms with Crippen LogP contribution < -0.4 is 4.72 Å². The van der Waals surface area contributed by atoms with Crippen LogP contribution in [0, 0.1) is 12.7 Å². The minimum Gasteiger partial charge on any atom is -0.337 e. The fourth-order valence-electron chi connectivity index (χ4n) is 3.80. The zero-order valence-corrected chi connectivity index (χ0v) is 17.8. The summed E-state index contributed by atoms with van der Waals surface area (Å²) < 4.78 is 43.0. The topological polar surface area (TPSA) is 84.3 Å². The van der Waals surface area contributed by atoms with Crippen molar-refractivity contribution in [3.8, 4) is 5.69 Å². The summed E-state index contributed by atoms with van der Waals surface area (Å²) >= 11 is 0. The molecule has 1 amide bonds. The van der Waals surface area contributed by atoms with Crippen LogP contribution in [0.1, 0.15) is 28.9 Å². The first-order valence-electron chi connectivity index (χ1n) is 10.0. The number of carbonyl (C=O) groups excluding carboxylic acids is 1. The molecule has 1 fully saturated rings. The number of amides is 1. The van der Waals surface area contributed by atoms with Crippen LogP contribution >= 0.6 is 0 Å². The van der Waals surface area contributed by atoms with E-state index in [4.69, 9.17) is 0 Å². The Hall–Kier alpha value is -3.04. The number of benzene rings is 2. The zero-order chi connectivity index (χ0) is 22.0. The maximum atomic E-state index is 13.4. The Labute approximate surface area is 180 Å². The van der Waals surface area contributed by atoms with Crippen LogP contribution in [0.25, 0.3) is 5.69 Å². The Morgan fingerprint density at radius 1 is 1.16 bits per heavy atom. The molecule has 1 aromatic heterocycles. The third-order valence-electron chi connectivity index (χ3n) is 5.38. The number of nitrogens with zero attached hydrogens (tertiary/aromatic N) is 3. The highest BCUT2D eigenvalue weighted by Crippen LogP contribution is 2.20. The second kappa shape index (κ2) is 8.60. The Bertz CT molecular complexity index is 1190. The monoisotopic (exact) mass is 442 g/mol. The SMILES string of the molecule is Cc1c(C(=O)N2CCCC(NS(=O)(=O)c3cccc(F)c3)C2)cnn1-c1ccccc1. The molecular formula is C22H23FN4O3S. The third kappa shape index (κ3) is 4.52. The van der Waals surface area contributed by atoms with E-state index >= 15 is 0 Å². The highest BCUT2D eigenvalue weighted by molar-refractivity contribution is 7.89. The molecule has 1 aliphatic rings. The van der Waals surface area contributed by atoms with Gasteiger partial charge in [-0.25, -0.2) is 22.2 Å². The average Bonchev–Trinajstić information content (AvgIpc) is 3.15. The molecule has 9 heteroatoms. The van der Waals surface area contributed by atoms with Crippen molar-refractivity contribution in [1.82, 2.24) is 19.4 Å². The second-order valence-electron chi connectivity index (χ2n) is 7.56. The first-order valence-corrected chi connectivity index (χ1v) is 11.5. The number of hydrogen-bond acceptors (Lipinski definition) is 4. The van der Waals surface area contributed by atoms with Gasteiger partial charge in [-0.2, -0.15) is 5.10 Å². The standard InChI is InChI=1S/C22H23FN4O3S/c1-16-21(14-24-27(16)19-9-3-2-4-10-19)22(28)26-12-6-8-18(15-26)25-31(29,30)20-11-5-7-17(23)13-20/h2-5,7,9-11,13-14,18,25H,6,8,12,15H2,1H3. The van der Waals surface area contributed by atoms with E-state index in [9.17, 15) is 17.6 Å². The van der Waals surface area contributed by atoms with Crippen molar-refractivity contribution >= 4 is 15.9 Å². The molecule has 2 heterocycles. The Morgan fingerprint density at radius 2 is 1.94 bits per heavy atom. The Morgan fingerprint density at radius 3 is 2.68 bits per heavy atom. The summed E-state index contributed by atoms with van der Waals surface area (Å²) in [5.74, 6) is -0.802. The maximum absolute atomic E-state index is 13.4. The molecule has 4 rings (SSSR count). The third-order valence-corrected chi connectivity index (χ3v) is 6.90. The molecule has 1 unspecified atom stereocenters. The number of hydrogen-bond donors (Lipinski definition) is 1. The number of aromatic nitrogens is 2. The second-order valence-corrected chi connectivity index (χ2v) is 9.27. The van der Waals surface area contributed by atoms with E-state index in [1.165, 1.54) is 18.2 Å². The van der Waals surface area contributed by atoms with Crippen LogP contribution in [0.3, 0.4) is 0 Å². The number of para-hydroxylation sites is 1. The number of sulfonamides is 1. The van der Waals surface area contributed by atoms with Gasteiger partial charge in [0, 0.05) is 19.1 Å². The van der Waals surface area contributed by atoms with Crippen LogP contribution in [0.2, 0.25) is 0 Å². The molecule has 0 radical (unpaired) electrons. The molecule has 1 atom stereocenters. The van der Waals surface area contributed by atoms with Gasteiger partial charge in [0.2, 0.25) is 10.0 Å². The van der Waals surface area contributed by atoms with Crippen LogP contribution in [0.15, 0.2) is 65.7 Å². The minimum atomic E-state index is -3.88. The van der Waals surface area contributed by atoms with Crippen molar-refractivity contribution in [2.24, 2.45) is 0 Å². The lowest BCUT2D eigenvalue weighted by Gasteiger charge is -2.33. The zero-order valence-electron chi connectivity index (χ0n) is 17.0. The van der Waals surface area contributed by atoms with E-state index < -0.39 is 21.9 Å². The highest BCUT2D eigenvalue weighted by atomic mass is 32.2. The molecule has 3 aromatic rings. The van der Waals surface area contributed by atoms with E-state index in [-0.39, 0.29) is 17.3 Å². The summed E-state index contributed by atoms with van der Waals surface area (Å²) in [5, 5.41) is 4.35. The summed E-state index contributed by atoms with van der Waals surface area (Å²) in [6.45, 7) is 2.61. The molecule has 1 aliphatic heterocycles. The summed E-state index contributed by atoms with van der Waals surface area (Å²) in [6, 6.07) is 14.0. The van der Waals surface area contributed by atoms with Gasteiger partial charge in [0.25, 0.3) is 5.91 Å². The lowest BCUT2D eigenvalue weighted by Crippen LogP contribution is -2.49. The fourth-order valence-corrected chi connectivity index (χ4v) is 5.09. The highest BCUT2D eigenvalue weighted by Gasteiger charge is 2.29. The first kappa shape index (κ1) is 21.2. The molecule has 0 aliphatic carbocycles. The van der Waals surface area contributed by atoms with Gasteiger partial charge >= 0.3 is 0 Å². The van der Waals surface area contributed by atoms with E-state index in [0.717, 1.165) is 17.4 Å². The summed E-state index contributed by atoms with van der Waals surface area (Å²) in [6.07, 6.45) is 2.81. The van der Waals surface area contributed by atoms with Crippen molar-refractivity contribution in [2.45, 2.75) is 30.7 Å². The smallest absolute Gasteiger partial charge is 0.257 e. The maximum Gasteiger partial charge on any atom is 0.257 e. The number of nitrogens with one attached hydrogen (secondary N) is 1. The van der Waals surface area contributed by atoms with Crippen molar-refractivity contribution in [2.75, 3.05) is 13.1 Å². The first-order chi connectivity index (χ1) is 14.8. The Balaban J connectivity index is 1.49. The van der Waals surface area contributed by atoms with Gasteiger partial charge in [0.1, 0.15) is 5.82 Å².